The van der Waals surface area contributed by atoms with E-state index in [1.54, 1.807) is 0 Å². The molecule has 0 aliphatic rings. The molecular formula is C17H29NO2. The van der Waals surface area contributed by atoms with Crippen LogP contribution in [0, 0.1) is 17.8 Å². The lowest BCUT2D eigenvalue weighted by atomic mass is 9.93. The van der Waals surface area contributed by atoms with Crippen LogP contribution >= 0.6 is 0 Å². The largest absolute Gasteiger partial charge is 0.466 e. The van der Waals surface area contributed by atoms with Crippen molar-refractivity contribution in [2.45, 2.75) is 65.8 Å². The van der Waals surface area contributed by atoms with Gasteiger partial charge in [0.15, 0.2) is 0 Å². The van der Waals surface area contributed by atoms with Crippen LogP contribution in [-0.4, -0.2) is 18.6 Å². The Hall–Kier alpha value is -1.27. The zero-order chi connectivity index (χ0) is 15.4. The van der Waals surface area contributed by atoms with Gasteiger partial charge in [-0.2, -0.15) is 0 Å². The summed E-state index contributed by atoms with van der Waals surface area (Å²) >= 11 is 0. The first-order chi connectivity index (χ1) is 9.51. The van der Waals surface area contributed by atoms with Crippen LogP contribution in [0.15, 0.2) is 11.6 Å². The van der Waals surface area contributed by atoms with Crippen LogP contribution in [0.1, 0.15) is 59.8 Å². The quantitative estimate of drug-likeness (QED) is 0.320. The van der Waals surface area contributed by atoms with Crippen molar-refractivity contribution in [3.05, 3.63) is 11.6 Å². The Morgan fingerprint density at radius 3 is 2.55 bits per heavy atom. The van der Waals surface area contributed by atoms with Crippen molar-refractivity contribution in [1.82, 2.24) is 0 Å². The highest BCUT2D eigenvalue weighted by molar-refractivity contribution is 5.69. The minimum absolute atomic E-state index is 0.0823. The monoisotopic (exact) mass is 279 g/mol. The van der Waals surface area contributed by atoms with Crippen molar-refractivity contribution in [3.63, 3.8) is 0 Å². The number of nitrogens with two attached hydrogens (primary N) is 1. The molecule has 0 rings (SSSR count). The van der Waals surface area contributed by atoms with Gasteiger partial charge < -0.3 is 10.5 Å². The van der Waals surface area contributed by atoms with Gasteiger partial charge in [-0.15, -0.1) is 11.8 Å². The summed E-state index contributed by atoms with van der Waals surface area (Å²) in [4.78, 5) is 11.1. The Morgan fingerprint density at radius 2 is 2.00 bits per heavy atom. The molecule has 0 amide bonds. The van der Waals surface area contributed by atoms with Gasteiger partial charge in [-0.3, -0.25) is 4.79 Å². The summed E-state index contributed by atoms with van der Waals surface area (Å²) in [5, 5.41) is 0. The molecule has 0 aromatic carbocycles. The van der Waals surface area contributed by atoms with Crippen molar-refractivity contribution in [2.24, 2.45) is 11.7 Å². The lowest BCUT2D eigenvalue weighted by Crippen LogP contribution is -2.27. The van der Waals surface area contributed by atoms with Gasteiger partial charge in [-0.05, 0) is 33.1 Å². The number of allylic oxidation sites excluding steroid dienone is 1. The van der Waals surface area contributed by atoms with E-state index in [4.69, 9.17) is 10.5 Å². The minimum Gasteiger partial charge on any atom is -0.466 e. The molecular weight excluding hydrogens is 250 g/mol. The topological polar surface area (TPSA) is 52.3 Å². The third-order valence-corrected chi connectivity index (χ3v) is 3.07. The number of hydrogen-bond acceptors (Lipinski definition) is 3. The fourth-order valence-electron chi connectivity index (χ4n) is 1.92. The predicted molar refractivity (Wildman–Crippen MR) is 84.1 cm³/mol. The third-order valence-electron chi connectivity index (χ3n) is 3.07. The summed E-state index contributed by atoms with van der Waals surface area (Å²) in [5.41, 5.74) is 7.39. The van der Waals surface area contributed by atoms with E-state index in [0.29, 0.717) is 18.9 Å². The lowest BCUT2D eigenvalue weighted by molar-refractivity contribution is -0.143. The molecule has 114 valence electrons. The lowest BCUT2D eigenvalue weighted by Gasteiger charge is -2.17. The second-order valence-electron chi connectivity index (χ2n) is 5.21. The number of ether oxygens (including phenoxy) is 1. The molecule has 0 radical (unpaired) electrons. The van der Waals surface area contributed by atoms with Crippen LogP contribution in [0.2, 0.25) is 0 Å². The SMILES string of the molecule is CCOC(=O)CCCC#CCC(CC)C(N)C=C(C)C. The number of hydrogen-bond donors (Lipinski definition) is 1. The van der Waals surface area contributed by atoms with Crippen LogP contribution in [-0.2, 0) is 9.53 Å². The van der Waals surface area contributed by atoms with E-state index >= 15 is 0 Å². The summed E-state index contributed by atoms with van der Waals surface area (Å²) in [6, 6.07) is 0.0823. The smallest absolute Gasteiger partial charge is 0.305 e. The van der Waals surface area contributed by atoms with E-state index in [1.807, 2.05) is 6.92 Å². The van der Waals surface area contributed by atoms with Crippen LogP contribution < -0.4 is 5.73 Å². The van der Waals surface area contributed by atoms with Crippen LogP contribution in [0.25, 0.3) is 0 Å². The maximum Gasteiger partial charge on any atom is 0.305 e. The van der Waals surface area contributed by atoms with Gasteiger partial charge in [-0.1, -0.05) is 25.0 Å². The van der Waals surface area contributed by atoms with Gasteiger partial charge in [0.1, 0.15) is 0 Å². The fourth-order valence-corrected chi connectivity index (χ4v) is 1.92. The van der Waals surface area contributed by atoms with Crippen molar-refractivity contribution >= 4 is 5.97 Å². The van der Waals surface area contributed by atoms with E-state index in [-0.39, 0.29) is 12.0 Å². The van der Waals surface area contributed by atoms with Crippen molar-refractivity contribution in [2.75, 3.05) is 6.61 Å². The highest BCUT2D eigenvalue weighted by Crippen LogP contribution is 2.13. The van der Waals surface area contributed by atoms with E-state index in [1.165, 1.54) is 5.57 Å². The van der Waals surface area contributed by atoms with Gasteiger partial charge in [0, 0.05) is 25.3 Å². The molecule has 0 heterocycles. The summed E-state index contributed by atoms with van der Waals surface area (Å²) < 4.78 is 4.86. The van der Waals surface area contributed by atoms with Crippen molar-refractivity contribution in [1.29, 1.82) is 0 Å². The molecule has 0 fully saturated rings. The summed E-state index contributed by atoms with van der Waals surface area (Å²) in [7, 11) is 0. The standard InChI is InChI=1S/C17H29NO2/c1-5-15(16(18)13-14(3)4)11-9-7-8-10-12-17(19)20-6-2/h13,15-16H,5-6,8,10-12,18H2,1-4H3. The molecule has 0 aromatic heterocycles. The van der Waals surface area contributed by atoms with E-state index < -0.39 is 0 Å². The summed E-state index contributed by atoms with van der Waals surface area (Å²) in [5.74, 6) is 6.58. The average molecular weight is 279 g/mol. The molecule has 3 nitrogen and oxygen atoms in total. The first-order valence-electron chi connectivity index (χ1n) is 7.53. The predicted octanol–water partition coefficient (Wildman–Crippen LogP) is 3.43. The molecule has 0 aliphatic carbocycles. The van der Waals surface area contributed by atoms with Crippen LogP contribution in [0.3, 0.4) is 0 Å². The summed E-state index contributed by atoms with van der Waals surface area (Å²) in [6.07, 6.45) is 5.92. The first-order valence-corrected chi connectivity index (χ1v) is 7.53. The maximum atomic E-state index is 11.1. The number of carbonyl (C=O) groups is 1. The Morgan fingerprint density at radius 1 is 1.30 bits per heavy atom. The molecule has 2 atom stereocenters. The maximum absolute atomic E-state index is 11.1. The number of unbranched alkanes of at least 4 members (excludes halogenated alkanes) is 1. The highest BCUT2D eigenvalue weighted by atomic mass is 16.5. The van der Waals surface area contributed by atoms with Gasteiger partial charge in [0.05, 0.1) is 6.61 Å². The van der Waals surface area contributed by atoms with Crippen molar-refractivity contribution < 1.29 is 9.53 Å². The molecule has 0 aliphatic heterocycles. The molecule has 0 bridgehead atoms. The molecule has 0 aromatic rings. The number of esters is 1. The highest BCUT2D eigenvalue weighted by Gasteiger charge is 2.12. The zero-order valence-corrected chi connectivity index (χ0v) is 13.4. The Kier molecular flexibility index (Phi) is 10.8. The normalized spacial score (nSPS) is 12.8. The molecule has 2 N–H and O–H groups in total. The minimum atomic E-state index is -0.133. The van der Waals surface area contributed by atoms with Gasteiger partial charge in [0.2, 0.25) is 0 Å². The zero-order valence-electron chi connectivity index (χ0n) is 13.4. The molecule has 20 heavy (non-hydrogen) atoms. The van der Waals surface area contributed by atoms with E-state index in [9.17, 15) is 4.79 Å². The molecule has 3 heteroatoms. The fraction of sp³-hybridized carbons (Fsp3) is 0.706. The molecule has 0 saturated heterocycles. The van der Waals surface area contributed by atoms with Gasteiger partial charge >= 0.3 is 5.97 Å². The first kappa shape index (κ1) is 18.7. The van der Waals surface area contributed by atoms with Crippen molar-refractivity contribution in [3.8, 4) is 11.8 Å². The van der Waals surface area contributed by atoms with E-state index in [2.05, 4.69) is 38.7 Å². The number of carbonyl (C=O) groups excluding carboxylic acids is 1. The molecule has 2 unspecified atom stereocenters. The Balaban J connectivity index is 3.98. The van der Waals surface area contributed by atoms with Crippen LogP contribution in [0.4, 0.5) is 0 Å². The molecule has 0 saturated carbocycles. The molecule has 0 spiro atoms. The Bertz CT molecular complexity index is 359. The average Bonchev–Trinajstić information content (AvgIpc) is 2.37. The summed E-state index contributed by atoms with van der Waals surface area (Å²) in [6.45, 7) is 8.54. The number of rotatable bonds is 8. The van der Waals surface area contributed by atoms with E-state index in [0.717, 1.165) is 25.7 Å². The second-order valence-corrected chi connectivity index (χ2v) is 5.21. The Labute approximate surface area is 124 Å². The van der Waals surface area contributed by atoms with Crippen LogP contribution in [0.5, 0.6) is 0 Å². The van der Waals surface area contributed by atoms with Gasteiger partial charge in [0.25, 0.3) is 0 Å². The second kappa shape index (κ2) is 11.5. The third kappa shape index (κ3) is 9.63. The van der Waals surface area contributed by atoms with Gasteiger partial charge in [-0.25, -0.2) is 0 Å².